The van der Waals surface area contributed by atoms with Crippen molar-refractivity contribution in [3.8, 4) is 5.75 Å². The van der Waals surface area contributed by atoms with Gasteiger partial charge in [0.15, 0.2) is 0 Å². The number of carbonyl (C=O) groups is 1. The van der Waals surface area contributed by atoms with Crippen LogP contribution in [0.4, 0.5) is 5.69 Å². The van der Waals surface area contributed by atoms with Crippen LogP contribution in [-0.2, 0) is 15.6 Å². The lowest BCUT2D eigenvalue weighted by molar-refractivity contribution is -0.113. The summed E-state index contributed by atoms with van der Waals surface area (Å²) in [6.45, 7) is 0. The Bertz CT molecular complexity index is 581. The van der Waals surface area contributed by atoms with Gasteiger partial charge in [0.1, 0.15) is 11.5 Å². The average molecular weight is 275 g/mol. The van der Waals surface area contributed by atoms with Gasteiger partial charge >= 0.3 is 0 Å². The van der Waals surface area contributed by atoms with Crippen molar-refractivity contribution >= 4 is 22.4 Å². The molecule has 4 nitrogen and oxygen atoms in total. The van der Waals surface area contributed by atoms with E-state index in [1.54, 1.807) is 24.3 Å². The number of hydrogen-bond acceptors (Lipinski definition) is 3. The fourth-order valence-electron chi connectivity index (χ4n) is 1.52. The van der Waals surface area contributed by atoms with Gasteiger partial charge in [0.25, 0.3) is 0 Å². The third-order valence-corrected chi connectivity index (χ3v) is 3.74. The van der Waals surface area contributed by atoms with Gasteiger partial charge in [-0.15, -0.1) is 0 Å². The monoisotopic (exact) mass is 275 g/mol. The lowest BCUT2D eigenvalue weighted by atomic mass is 10.3. The molecule has 2 aromatic carbocycles. The lowest BCUT2D eigenvalue weighted by Crippen LogP contribution is -2.19. The van der Waals surface area contributed by atoms with Crippen LogP contribution < -0.4 is 5.32 Å². The number of anilines is 1. The van der Waals surface area contributed by atoms with Crippen molar-refractivity contribution in [2.75, 3.05) is 11.1 Å². The maximum atomic E-state index is 11.9. The number of carbonyl (C=O) groups excluding carboxylic acids is 1. The summed E-state index contributed by atoms with van der Waals surface area (Å²) in [4.78, 5) is 12.2. The smallest absolute Gasteiger partial charge is 0.237 e. The molecule has 98 valence electrons. The zero-order chi connectivity index (χ0) is 13.7. The van der Waals surface area contributed by atoms with E-state index in [1.807, 2.05) is 18.2 Å². The van der Waals surface area contributed by atoms with Gasteiger partial charge in [-0.25, -0.2) is 0 Å². The molecule has 1 amide bonds. The van der Waals surface area contributed by atoms with Gasteiger partial charge in [-0.1, -0.05) is 18.2 Å². The van der Waals surface area contributed by atoms with E-state index < -0.39 is 10.8 Å². The van der Waals surface area contributed by atoms with E-state index >= 15 is 0 Å². The van der Waals surface area contributed by atoms with Crippen LogP contribution in [0.5, 0.6) is 5.75 Å². The van der Waals surface area contributed by atoms with E-state index in [0.29, 0.717) is 10.6 Å². The molecule has 0 saturated heterocycles. The minimum absolute atomic E-state index is 0.106. The second kappa shape index (κ2) is 6.15. The summed E-state index contributed by atoms with van der Waals surface area (Å²) in [5, 5.41) is 11.8. The fourth-order valence-corrected chi connectivity index (χ4v) is 2.44. The first-order valence-electron chi connectivity index (χ1n) is 5.67. The van der Waals surface area contributed by atoms with Gasteiger partial charge in [-0.3, -0.25) is 9.00 Å². The van der Waals surface area contributed by atoms with Crippen LogP contribution in [0, 0.1) is 0 Å². The van der Waals surface area contributed by atoms with Crippen molar-refractivity contribution in [2.45, 2.75) is 4.90 Å². The molecule has 2 rings (SSSR count). The third-order valence-electron chi connectivity index (χ3n) is 2.42. The van der Waals surface area contributed by atoms with Crippen LogP contribution in [0.15, 0.2) is 59.5 Å². The molecular weight excluding hydrogens is 262 g/mol. The van der Waals surface area contributed by atoms with E-state index in [4.69, 9.17) is 5.11 Å². The maximum absolute atomic E-state index is 11.9. The summed E-state index contributed by atoms with van der Waals surface area (Å²) in [5.74, 6) is -0.313. The highest BCUT2D eigenvalue weighted by Crippen LogP contribution is 2.13. The standard InChI is InChI=1S/C14H13NO3S/c16-12-6-8-13(9-7-12)19(18)10-14(17)15-11-4-2-1-3-5-11/h1-9,16H,10H2,(H,15,17). The Morgan fingerprint density at radius 3 is 2.32 bits per heavy atom. The van der Waals surface area contributed by atoms with E-state index in [0.717, 1.165) is 0 Å². The Hall–Kier alpha value is -2.14. The van der Waals surface area contributed by atoms with Crippen molar-refractivity contribution < 1.29 is 14.1 Å². The van der Waals surface area contributed by atoms with E-state index in [1.165, 1.54) is 12.1 Å². The topological polar surface area (TPSA) is 66.4 Å². The highest BCUT2D eigenvalue weighted by molar-refractivity contribution is 7.85. The van der Waals surface area contributed by atoms with Gasteiger partial charge in [-0.2, -0.15) is 0 Å². The molecule has 0 bridgehead atoms. The fraction of sp³-hybridized carbons (Fsp3) is 0.0714. The van der Waals surface area contributed by atoms with E-state index in [-0.39, 0.29) is 17.4 Å². The lowest BCUT2D eigenvalue weighted by Gasteiger charge is -2.05. The number of para-hydroxylation sites is 1. The first-order valence-corrected chi connectivity index (χ1v) is 6.99. The van der Waals surface area contributed by atoms with Crippen LogP contribution in [0.25, 0.3) is 0 Å². The number of aromatic hydroxyl groups is 1. The Kier molecular flexibility index (Phi) is 4.30. The van der Waals surface area contributed by atoms with Crippen molar-refractivity contribution in [3.63, 3.8) is 0 Å². The number of benzene rings is 2. The van der Waals surface area contributed by atoms with Crippen LogP contribution >= 0.6 is 0 Å². The van der Waals surface area contributed by atoms with Crippen molar-refractivity contribution in [2.24, 2.45) is 0 Å². The molecule has 2 N–H and O–H groups in total. The largest absolute Gasteiger partial charge is 0.508 e. The molecule has 0 saturated carbocycles. The molecule has 0 radical (unpaired) electrons. The first kappa shape index (κ1) is 13.3. The molecule has 0 aliphatic rings. The molecule has 0 aliphatic heterocycles. The van der Waals surface area contributed by atoms with Gasteiger partial charge in [0.2, 0.25) is 5.91 Å². The quantitative estimate of drug-likeness (QED) is 0.898. The van der Waals surface area contributed by atoms with Gasteiger partial charge in [0.05, 0.1) is 10.8 Å². The second-order valence-corrected chi connectivity index (χ2v) is 5.35. The van der Waals surface area contributed by atoms with Crippen LogP contribution in [0.1, 0.15) is 0 Å². The average Bonchev–Trinajstić information content (AvgIpc) is 2.40. The number of hydrogen-bond donors (Lipinski definition) is 2. The van der Waals surface area contributed by atoms with E-state index in [2.05, 4.69) is 5.32 Å². The summed E-state index contributed by atoms with van der Waals surface area (Å²) in [6, 6.07) is 15.0. The number of rotatable bonds is 4. The first-order chi connectivity index (χ1) is 9.15. The summed E-state index contributed by atoms with van der Waals surface area (Å²) in [7, 11) is -1.42. The molecule has 0 heterocycles. The zero-order valence-electron chi connectivity index (χ0n) is 10.1. The molecule has 1 unspecified atom stereocenters. The van der Waals surface area contributed by atoms with Gasteiger partial charge in [-0.05, 0) is 36.4 Å². The summed E-state index contributed by atoms with van der Waals surface area (Å²) >= 11 is 0. The Morgan fingerprint density at radius 1 is 1.05 bits per heavy atom. The van der Waals surface area contributed by atoms with Crippen molar-refractivity contribution in [1.29, 1.82) is 0 Å². The van der Waals surface area contributed by atoms with Crippen molar-refractivity contribution in [3.05, 3.63) is 54.6 Å². The Balaban J connectivity index is 1.95. The van der Waals surface area contributed by atoms with E-state index in [9.17, 15) is 9.00 Å². The van der Waals surface area contributed by atoms with Crippen LogP contribution in [-0.4, -0.2) is 21.0 Å². The molecule has 1 atom stereocenters. The van der Waals surface area contributed by atoms with Gasteiger partial charge in [0, 0.05) is 10.6 Å². The minimum Gasteiger partial charge on any atom is -0.508 e. The predicted molar refractivity (Wildman–Crippen MR) is 74.5 cm³/mol. The predicted octanol–water partition coefficient (Wildman–Crippen LogP) is 2.14. The molecule has 0 fully saturated rings. The number of nitrogens with one attached hydrogen (secondary N) is 1. The summed E-state index contributed by atoms with van der Waals surface area (Å²) in [5.41, 5.74) is 0.676. The zero-order valence-corrected chi connectivity index (χ0v) is 10.9. The molecule has 0 aliphatic carbocycles. The normalized spacial score (nSPS) is 11.8. The Morgan fingerprint density at radius 2 is 1.68 bits per heavy atom. The molecule has 19 heavy (non-hydrogen) atoms. The third kappa shape index (κ3) is 3.93. The molecule has 0 aromatic heterocycles. The molecule has 2 aromatic rings. The number of phenols is 1. The summed E-state index contributed by atoms with van der Waals surface area (Å²) in [6.07, 6.45) is 0. The minimum atomic E-state index is -1.42. The second-order valence-electron chi connectivity index (χ2n) is 3.90. The number of phenolic OH excluding ortho intramolecular Hbond substituents is 1. The van der Waals surface area contributed by atoms with Gasteiger partial charge < -0.3 is 10.4 Å². The highest BCUT2D eigenvalue weighted by Gasteiger charge is 2.10. The number of amides is 1. The van der Waals surface area contributed by atoms with Crippen LogP contribution in [0.3, 0.4) is 0 Å². The van der Waals surface area contributed by atoms with Crippen molar-refractivity contribution in [1.82, 2.24) is 0 Å². The van der Waals surface area contributed by atoms with Crippen LogP contribution in [0.2, 0.25) is 0 Å². The SMILES string of the molecule is O=C(CS(=O)c1ccc(O)cc1)Nc1ccccc1. The maximum Gasteiger partial charge on any atom is 0.237 e. The molecule has 5 heteroatoms. The Labute approximate surface area is 113 Å². The highest BCUT2D eigenvalue weighted by atomic mass is 32.2. The summed E-state index contributed by atoms with van der Waals surface area (Å²) < 4.78 is 11.9. The molecule has 0 spiro atoms. The molecular formula is C14H13NO3S.